The van der Waals surface area contributed by atoms with Gasteiger partial charge in [0.1, 0.15) is 0 Å². The van der Waals surface area contributed by atoms with Gasteiger partial charge in [-0.3, -0.25) is 0 Å². The minimum atomic E-state index is -0.212. The number of anilines is 1. The van der Waals surface area contributed by atoms with Crippen molar-refractivity contribution in [3.8, 4) is 0 Å². The number of hydrogen-bond acceptors (Lipinski definition) is 1. The molecule has 106 valence electrons. The number of carbonyl (C=O) groups is 1. The molecule has 0 spiro atoms. The zero-order valence-corrected chi connectivity index (χ0v) is 11.8. The summed E-state index contributed by atoms with van der Waals surface area (Å²) in [5.74, 6) is 0. The van der Waals surface area contributed by atoms with Crippen molar-refractivity contribution in [1.82, 2.24) is 10.3 Å². The molecule has 0 saturated carbocycles. The molecule has 1 heterocycles. The van der Waals surface area contributed by atoms with Crippen LogP contribution in [0, 0.1) is 0 Å². The molecule has 4 heteroatoms. The van der Waals surface area contributed by atoms with Gasteiger partial charge in [-0.2, -0.15) is 0 Å². The third-order valence-corrected chi connectivity index (χ3v) is 3.48. The fraction of sp³-hybridized carbons (Fsp3) is 0.118. The van der Waals surface area contributed by atoms with Crippen LogP contribution < -0.4 is 10.6 Å². The second-order valence-corrected chi connectivity index (χ2v) is 4.98. The Hall–Kier alpha value is -2.75. The van der Waals surface area contributed by atoms with Crippen molar-refractivity contribution in [2.45, 2.75) is 13.0 Å². The molecule has 2 amide bonds. The highest BCUT2D eigenvalue weighted by Gasteiger charge is 2.11. The zero-order valence-electron chi connectivity index (χ0n) is 11.8. The van der Waals surface area contributed by atoms with Gasteiger partial charge in [0.15, 0.2) is 0 Å². The van der Waals surface area contributed by atoms with Crippen LogP contribution in [0.2, 0.25) is 0 Å². The Balaban J connectivity index is 1.69. The van der Waals surface area contributed by atoms with E-state index in [4.69, 9.17) is 0 Å². The summed E-state index contributed by atoms with van der Waals surface area (Å²) in [5, 5.41) is 6.82. The first kappa shape index (κ1) is 13.2. The Bertz CT molecular complexity index is 749. The van der Waals surface area contributed by atoms with E-state index in [1.807, 2.05) is 61.5 Å². The number of aromatic amines is 1. The highest BCUT2D eigenvalue weighted by atomic mass is 16.2. The summed E-state index contributed by atoms with van der Waals surface area (Å²) in [6.07, 6.45) is 1.80. The third kappa shape index (κ3) is 2.89. The minimum absolute atomic E-state index is 0.0450. The van der Waals surface area contributed by atoms with Crippen molar-refractivity contribution in [2.75, 3.05) is 5.32 Å². The van der Waals surface area contributed by atoms with Crippen molar-refractivity contribution in [3.63, 3.8) is 0 Å². The van der Waals surface area contributed by atoms with Gasteiger partial charge in [-0.25, -0.2) is 4.79 Å². The van der Waals surface area contributed by atoms with Gasteiger partial charge >= 0.3 is 6.03 Å². The Morgan fingerprint density at radius 3 is 2.57 bits per heavy atom. The first-order chi connectivity index (χ1) is 10.2. The number of carbonyl (C=O) groups excluding carboxylic acids is 1. The molecule has 0 aliphatic carbocycles. The lowest BCUT2D eigenvalue weighted by Crippen LogP contribution is -2.31. The molecule has 0 radical (unpaired) electrons. The predicted octanol–water partition coefficient (Wildman–Crippen LogP) is 4.05. The van der Waals surface area contributed by atoms with E-state index in [1.54, 1.807) is 6.20 Å². The average molecular weight is 279 g/mol. The number of para-hydroxylation sites is 1. The highest BCUT2D eigenvalue weighted by Crippen LogP contribution is 2.22. The largest absolute Gasteiger partial charge is 0.359 e. The van der Waals surface area contributed by atoms with Crippen LogP contribution in [0.5, 0.6) is 0 Å². The third-order valence-electron chi connectivity index (χ3n) is 3.48. The standard InChI is InChI=1S/C17H17N3O/c1-12(13-7-3-2-4-8-13)19-17(21)20-16-11-18-15-10-6-5-9-14(15)16/h2-12,18H,1H3,(H2,19,20,21)/t12-/m0/s1. The molecule has 1 atom stereocenters. The molecule has 0 saturated heterocycles. The molecular formula is C17H17N3O. The summed E-state index contributed by atoms with van der Waals surface area (Å²) in [6, 6.07) is 17.5. The van der Waals surface area contributed by atoms with Gasteiger partial charge in [-0.05, 0) is 18.6 Å². The van der Waals surface area contributed by atoms with Crippen LogP contribution in [-0.4, -0.2) is 11.0 Å². The van der Waals surface area contributed by atoms with E-state index in [0.717, 1.165) is 22.2 Å². The maximum Gasteiger partial charge on any atom is 0.319 e. The van der Waals surface area contributed by atoms with Crippen molar-refractivity contribution in [1.29, 1.82) is 0 Å². The SMILES string of the molecule is C[C@H](NC(=O)Nc1c[nH]c2ccccc12)c1ccccc1. The van der Waals surface area contributed by atoms with Crippen LogP contribution in [0.3, 0.4) is 0 Å². The molecule has 0 unspecified atom stereocenters. The lowest BCUT2D eigenvalue weighted by molar-refractivity contribution is 0.249. The summed E-state index contributed by atoms with van der Waals surface area (Å²) in [4.78, 5) is 15.2. The summed E-state index contributed by atoms with van der Waals surface area (Å²) in [5.41, 5.74) is 2.86. The predicted molar refractivity (Wildman–Crippen MR) is 85.3 cm³/mol. The number of urea groups is 1. The maximum absolute atomic E-state index is 12.1. The summed E-state index contributed by atoms with van der Waals surface area (Å²) < 4.78 is 0. The molecule has 3 aromatic rings. The molecule has 21 heavy (non-hydrogen) atoms. The van der Waals surface area contributed by atoms with Gasteiger partial charge in [0, 0.05) is 17.1 Å². The number of hydrogen-bond donors (Lipinski definition) is 3. The zero-order chi connectivity index (χ0) is 14.7. The Kier molecular flexibility index (Phi) is 3.60. The van der Waals surface area contributed by atoms with Gasteiger partial charge in [-0.1, -0.05) is 48.5 Å². The second kappa shape index (κ2) is 5.71. The second-order valence-electron chi connectivity index (χ2n) is 4.98. The molecule has 3 N–H and O–H groups in total. The van der Waals surface area contributed by atoms with Crippen LogP contribution in [0.25, 0.3) is 10.9 Å². The quantitative estimate of drug-likeness (QED) is 0.665. The van der Waals surface area contributed by atoms with Gasteiger partial charge in [0.05, 0.1) is 11.7 Å². The lowest BCUT2D eigenvalue weighted by atomic mass is 10.1. The van der Waals surface area contributed by atoms with Crippen LogP contribution in [0.4, 0.5) is 10.5 Å². The lowest BCUT2D eigenvalue weighted by Gasteiger charge is -2.14. The highest BCUT2D eigenvalue weighted by molar-refractivity contribution is 6.01. The maximum atomic E-state index is 12.1. The molecule has 3 rings (SSSR count). The average Bonchev–Trinajstić information content (AvgIpc) is 2.91. The van der Waals surface area contributed by atoms with Crippen molar-refractivity contribution in [3.05, 3.63) is 66.4 Å². The van der Waals surface area contributed by atoms with Gasteiger partial charge in [0.25, 0.3) is 0 Å². The first-order valence-electron chi connectivity index (χ1n) is 6.92. The van der Waals surface area contributed by atoms with E-state index in [1.165, 1.54) is 0 Å². The van der Waals surface area contributed by atoms with Gasteiger partial charge in [-0.15, -0.1) is 0 Å². The van der Waals surface area contributed by atoms with Crippen LogP contribution in [0.1, 0.15) is 18.5 Å². The molecule has 0 fully saturated rings. The Morgan fingerprint density at radius 2 is 1.76 bits per heavy atom. The molecule has 4 nitrogen and oxygen atoms in total. The van der Waals surface area contributed by atoms with E-state index >= 15 is 0 Å². The summed E-state index contributed by atoms with van der Waals surface area (Å²) in [6.45, 7) is 1.96. The van der Waals surface area contributed by atoms with E-state index in [2.05, 4.69) is 15.6 Å². The minimum Gasteiger partial charge on any atom is -0.359 e. The molecule has 2 aromatic carbocycles. The molecule has 0 aliphatic rings. The summed E-state index contributed by atoms with van der Waals surface area (Å²) in [7, 11) is 0. The van der Waals surface area contributed by atoms with Gasteiger partial charge in [0.2, 0.25) is 0 Å². The van der Waals surface area contributed by atoms with E-state index in [-0.39, 0.29) is 12.1 Å². The van der Waals surface area contributed by atoms with Crippen molar-refractivity contribution in [2.24, 2.45) is 0 Å². The van der Waals surface area contributed by atoms with Crippen LogP contribution in [0.15, 0.2) is 60.8 Å². The number of aromatic nitrogens is 1. The van der Waals surface area contributed by atoms with Crippen molar-refractivity contribution >= 4 is 22.6 Å². The number of nitrogens with one attached hydrogen (secondary N) is 3. The van der Waals surface area contributed by atoms with E-state index in [9.17, 15) is 4.79 Å². The fourth-order valence-electron chi connectivity index (χ4n) is 2.36. The fourth-order valence-corrected chi connectivity index (χ4v) is 2.36. The topological polar surface area (TPSA) is 56.9 Å². The van der Waals surface area contributed by atoms with Crippen LogP contribution >= 0.6 is 0 Å². The first-order valence-corrected chi connectivity index (χ1v) is 6.92. The Morgan fingerprint density at radius 1 is 1.05 bits per heavy atom. The monoisotopic (exact) mass is 279 g/mol. The van der Waals surface area contributed by atoms with E-state index in [0.29, 0.717) is 0 Å². The Labute approximate surface area is 123 Å². The molecule has 0 bridgehead atoms. The summed E-state index contributed by atoms with van der Waals surface area (Å²) >= 11 is 0. The van der Waals surface area contributed by atoms with Gasteiger partial charge < -0.3 is 15.6 Å². The van der Waals surface area contributed by atoms with Crippen LogP contribution in [-0.2, 0) is 0 Å². The smallest absolute Gasteiger partial charge is 0.319 e. The number of rotatable bonds is 3. The number of H-pyrrole nitrogens is 1. The number of amides is 2. The number of benzene rings is 2. The molecule has 1 aromatic heterocycles. The van der Waals surface area contributed by atoms with Crippen molar-refractivity contribution < 1.29 is 4.79 Å². The number of fused-ring (bicyclic) bond motifs is 1. The normalized spacial score (nSPS) is 12.0. The molecule has 0 aliphatic heterocycles. The molecular weight excluding hydrogens is 262 g/mol. The van der Waals surface area contributed by atoms with E-state index < -0.39 is 0 Å².